The van der Waals surface area contributed by atoms with Crippen LogP contribution in [0.15, 0.2) is 54.0 Å². The van der Waals surface area contributed by atoms with Gasteiger partial charge >= 0.3 is 0 Å². The van der Waals surface area contributed by atoms with E-state index in [1.807, 2.05) is 13.8 Å². The predicted molar refractivity (Wildman–Crippen MR) is 99.4 cm³/mol. The van der Waals surface area contributed by atoms with E-state index in [4.69, 9.17) is 9.94 Å². The number of hydroxylamine groups is 1. The minimum atomic E-state index is -4.03. The summed E-state index contributed by atoms with van der Waals surface area (Å²) in [4.78, 5) is 12.2. The number of nitrogens with one attached hydrogen (secondary N) is 1. The first-order valence-electron chi connectivity index (χ1n) is 8.07. The van der Waals surface area contributed by atoms with E-state index in [-0.39, 0.29) is 23.8 Å². The van der Waals surface area contributed by atoms with Gasteiger partial charge in [0.15, 0.2) is 0 Å². The van der Waals surface area contributed by atoms with E-state index in [1.165, 1.54) is 37.5 Å². The third-order valence-electron chi connectivity index (χ3n) is 3.77. The topological polar surface area (TPSA) is 95.9 Å². The Labute approximate surface area is 155 Å². The maximum absolute atomic E-state index is 13.2. The van der Waals surface area contributed by atoms with E-state index in [0.29, 0.717) is 11.3 Å². The van der Waals surface area contributed by atoms with Gasteiger partial charge in [0, 0.05) is 6.54 Å². The highest BCUT2D eigenvalue weighted by atomic mass is 32.2. The fourth-order valence-corrected chi connectivity index (χ4v) is 3.99. The fourth-order valence-electron chi connectivity index (χ4n) is 2.39. The highest BCUT2D eigenvalue weighted by Crippen LogP contribution is 2.25. The zero-order chi connectivity index (χ0) is 19.9. The van der Waals surface area contributed by atoms with Gasteiger partial charge in [-0.2, -0.15) is 4.31 Å². The lowest BCUT2D eigenvalue weighted by Crippen LogP contribution is -2.50. The molecule has 1 atom stereocenters. The van der Waals surface area contributed by atoms with Crippen LogP contribution < -0.4 is 10.2 Å². The predicted octanol–water partition coefficient (Wildman–Crippen LogP) is 2.35. The molecule has 1 rings (SSSR count). The molecular weight excluding hydrogens is 356 g/mol. The normalized spacial score (nSPS) is 12.7. The Bertz CT molecular complexity index is 741. The van der Waals surface area contributed by atoms with E-state index in [9.17, 15) is 13.2 Å². The summed E-state index contributed by atoms with van der Waals surface area (Å²) < 4.78 is 32.4. The summed E-state index contributed by atoms with van der Waals surface area (Å²) >= 11 is 0. The molecule has 8 heteroatoms. The van der Waals surface area contributed by atoms with E-state index in [0.717, 1.165) is 4.31 Å². The maximum atomic E-state index is 13.2. The van der Waals surface area contributed by atoms with Crippen LogP contribution >= 0.6 is 0 Å². The molecule has 2 N–H and O–H groups in total. The minimum Gasteiger partial charge on any atom is -0.497 e. The molecule has 0 bridgehead atoms. The van der Waals surface area contributed by atoms with Gasteiger partial charge < -0.3 is 4.74 Å². The number of hydrogen-bond acceptors (Lipinski definition) is 5. The molecular formula is C18H26N2O5S. The quantitative estimate of drug-likeness (QED) is 0.368. The second-order valence-electron chi connectivity index (χ2n) is 6.21. The summed E-state index contributed by atoms with van der Waals surface area (Å²) in [7, 11) is -2.55. The van der Waals surface area contributed by atoms with Crippen molar-refractivity contribution >= 4 is 15.9 Å². The lowest BCUT2D eigenvalue weighted by Gasteiger charge is -2.30. The fraction of sp³-hybridized carbons (Fsp3) is 0.389. The summed E-state index contributed by atoms with van der Waals surface area (Å²) in [6.07, 6.45) is 1.66. The number of amides is 1. The van der Waals surface area contributed by atoms with Crippen molar-refractivity contribution < 1.29 is 23.2 Å². The number of hydrogen-bond donors (Lipinski definition) is 2. The van der Waals surface area contributed by atoms with Crippen LogP contribution in [0.4, 0.5) is 0 Å². The molecule has 0 aromatic heterocycles. The molecule has 7 nitrogen and oxygen atoms in total. The van der Waals surface area contributed by atoms with Gasteiger partial charge in [-0.3, -0.25) is 10.0 Å². The van der Waals surface area contributed by atoms with Gasteiger partial charge in [-0.05, 0) is 42.2 Å². The van der Waals surface area contributed by atoms with Crippen LogP contribution in [0.5, 0.6) is 5.75 Å². The van der Waals surface area contributed by atoms with E-state index in [1.54, 1.807) is 5.48 Å². The lowest BCUT2D eigenvalue weighted by molar-refractivity contribution is -0.133. The van der Waals surface area contributed by atoms with Crippen molar-refractivity contribution in [3.05, 3.63) is 49.1 Å². The molecule has 0 aliphatic heterocycles. The Morgan fingerprint density at radius 3 is 2.35 bits per heavy atom. The molecule has 0 heterocycles. The monoisotopic (exact) mass is 382 g/mol. The third kappa shape index (κ3) is 5.42. The maximum Gasteiger partial charge on any atom is 0.261 e. The minimum absolute atomic E-state index is 0.00894. The van der Waals surface area contributed by atoms with Gasteiger partial charge in [-0.1, -0.05) is 33.1 Å². The van der Waals surface area contributed by atoms with Crippen molar-refractivity contribution in [2.45, 2.75) is 31.2 Å². The zero-order valence-corrected chi connectivity index (χ0v) is 16.1. The van der Waals surface area contributed by atoms with Crippen LogP contribution in [0.2, 0.25) is 0 Å². The molecule has 1 amide bonds. The van der Waals surface area contributed by atoms with Crippen molar-refractivity contribution in [1.82, 2.24) is 9.79 Å². The number of methoxy groups -OCH3 is 1. The van der Waals surface area contributed by atoms with Crippen molar-refractivity contribution in [2.75, 3.05) is 13.7 Å². The van der Waals surface area contributed by atoms with Crippen LogP contribution in [0.25, 0.3) is 0 Å². The van der Waals surface area contributed by atoms with Crippen LogP contribution in [-0.4, -0.2) is 43.5 Å². The molecule has 0 fully saturated rings. The Hall–Kier alpha value is -2.16. The highest BCUT2D eigenvalue weighted by molar-refractivity contribution is 7.89. The average molecular weight is 382 g/mol. The molecule has 0 aliphatic rings. The van der Waals surface area contributed by atoms with Crippen LogP contribution in [-0.2, 0) is 14.8 Å². The van der Waals surface area contributed by atoms with Crippen molar-refractivity contribution in [3.63, 3.8) is 0 Å². The highest BCUT2D eigenvalue weighted by Gasteiger charge is 2.36. The molecule has 1 unspecified atom stereocenters. The molecule has 0 radical (unpaired) electrons. The Morgan fingerprint density at radius 1 is 1.35 bits per heavy atom. The number of ether oxygens (including phenoxy) is 1. The van der Waals surface area contributed by atoms with Gasteiger partial charge in [-0.25, -0.2) is 13.9 Å². The van der Waals surface area contributed by atoms with Crippen LogP contribution in [0.1, 0.15) is 20.3 Å². The largest absolute Gasteiger partial charge is 0.497 e. The smallest absolute Gasteiger partial charge is 0.261 e. The second kappa shape index (κ2) is 9.51. The lowest BCUT2D eigenvalue weighted by atomic mass is 10.0. The molecule has 26 heavy (non-hydrogen) atoms. The van der Waals surface area contributed by atoms with Gasteiger partial charge in [0.25, 0.3) is 5.91 Å². The Kier molecular flexibility index (Phi) is 8.01. The first kappa shape index (κ1) is 21.9. The molecule has 0 aliphatic carbocycles. The molecule has 0 saturated heterocycles. The zero-order valence-electron chi connectivity index (χ0n) is 15.3. The number of carbonyl (C=O) groups is 1. The Morgan fingerprint density at radius 2 is 1.92 bits per heavy atom. The summed E-state index contributed by atoms with van der Waals surface area (Å²) in [5.41, 5.74) is 2.00. The number of benzene rings is 1. The summed E-state index contributed by atoms with van der Waals surface area (Å²) in [6, 6.07) is 4.76. The molecule has 1 aromatic rings. The van der Waals surface area contributed by atoms with Gasteiger partial charge in [0.05, 0.1) is 12.0 Å². The standard InChI is InChI=1S/C18H26N2O5S/c1-6-14(4)12-20(17(11-13(2)3)18(21)19-22)26(23,24)16-9-7-15(25-5)8-10-16/h6-10,13,17,22H,1,4,11-12H2,2-3,5H3,(H,19,21). The Balaban J connectivity index is 3.42. The van der Waals surface area contributed by atoms with Crippen LogP contribution in [0, 0.1) is 5.92 Å². The van der Waals surface area contributed by atoms with Crippen LogP contribution in [0.3, 0.4) is 0 Å². The molecule has 0 saturated carbocycles. The summed E-state index contributed by atoms with van der Waals surface area (Å²) in [5.74, 6) is -0.270. The van der Waals surface area contributed by atoms with Crippen molar-refractivity contribution in [3.8, 4) is 5.75 Å². The third-order valence-corrected chi connectivity index (χ3v) is 5.64. The second-order valence-corrected chi connectivity index (χ2v) is 8.10. The van der Waals surface area contributed by atoms with E-state index in [2.05, 4.69) is 13.2 Å². The number of sulfonamides is 1. The average Bonchev–Trinajstić information content (AvgIpc) is 2.63. The SMILES string of the molecule is C=CC(=C)CN(C(CC(C)C)C(=O)NO)S(=O)(=O)c1ccc(OC)cc1. The van der Waals surface area contributed by atoms with E-state index < -0.39 is 22.0 Å². The van der Waals surface area contributed by atoms with Crippen molar-refractivity contribution in [2.24, 2.45) is 5.92 Å². The van der Waals surface area contributed by atoms with Gasteiger partial charge in [0.2, 0.25) is 10.0 Å². The molecule has 1 aromatic carbocycles. The first-order valence-corrected chi connectivity index (χ1v) is 9.51. The van der Waals surface area contributed by atoms with Crippen molar-refractivity contribution in [1.29, 1.82) is 0 Å². The number of nitrogens with zero attached hydrogens (tertiary/aromatic N) is 1. The molecule has 144 valence electrons. The first-order chi connectivity index (χ1) is 12.2. The molecule has 0 spiro atoms. The summed E-state index contributed by atoms with van der Waals surface area (Å²) in [6.45, 7) is 10.9. The number of carbonyl (C=O) groups excluding carboxylic acids is 1. The van der Waals surface area contributed by atoms with E-state index >= 15 is 0 Å². The number of rotatable bonds is 10. The van der Waals surface area contributed by atoms with Gasteiger partial charge in [-0.15, -0.1) is 0 Å². The summed E-state index contributed by atoms with van der Waals surface area (Å²) in [5, 5.41) is 9.08. The van der Waals surface area contributed by atoms with Gasteiger partial charge in [0.1, 0.15) is 11.8 Å².